The van der Waals surface area contributed by atoms with Crippen LogP contribution in [-0.4, -0.2) is 104 Å². The molecule has 46 heavy (non-hydrogen) atoms. The number of sulfone groups is 1. The summed E-state index contributed by atoms with van der Waals surface area (Å²) in [7, 11) is -3.37. The minimum Gasteiger partial charge on any atom is -0.393 e. The van der Waals surface area contributed by atoms with Crippen molar-refractivity contribution in [3.8, 4) is 12.3 Å². The summed E-state index contributed by atoms with van der Waals surface area (Å²) in [6.07, 6.45) is 9.02. The Labute approximate surface area is 273 Å². The predicted octanol–water partition coefficient (Wildman–Crippen LogP) is 2.53. The number of fused-ring (bicyclic) bond motifs is 3. The molecule has 0 saturated heterocycles. The van der Waals surface area contributed by atoms with Gasteiger partial charge in [-0.3, -0.25) is 9.78 Å². The van der Waals surface area contributed by atoms with Crippen LogP contribution in [0.1, 0.15) is 30.7 Å². The van der Waals surface area contributed by atoms with Crippen molar-refractivity contribution >= 4 is 44.1 Å². The molecule has 2 aromatic heterocycles. The van der Waals surface area contributed by atoms with Crippen molar-refractivity contribution in [2.75, 3.05) is 69.3 Å². The third-order valence-corrected chi connectivity index (χ3v) is 10.1. The number of carbonyl (C=O) groups is 1. The summed E-state index contributed by atoms with van der Waals surface area (Å²) in [6, 6.07) is 7.22. The highest BCUT2D eigenvalue weighted by Crippen LogP contribution is 2.53. The van der Waals surface area contributed by atoms with Gasteiger partial charge in [0.2, 0.25) is 5.91 Å². The maximum absolute atomic E-state index is 13.7. The number of nitrogens with zero attached hydrogens (tertiary/aromatic N) is 4. The molecule has 1 fully saturated rings. The highest BCUT2D eigenvalue weighted by Gasteiger charge is 2.58. The molecule has 248 valence electrons. The fourth-order valence-corrected chi connectivity index (χ4v) is 7.28. The molecule has 0 unspecified atom stereocenters. The average molecular weight is 675 g/mol. The monoisotopic (exact) mass is 674 g/mol. The van der Waals surface area contributed by atoms with Crippen LogP contribution in [0.3, 0.4) is 0 Å². The number of halogens is 1. The Morgan fingerprint density at radius 1 is 1.02 bits per heavy atom. The molecule has 0 radical (unpaired) electrons. The summed E-state index contributed by atoms with van der Waals surface area (Å²) in [6.45, 7) is 3.18. The van der Waals surface area contributed by atoms with Crippen LogP contribution in [0.4, 0.5) is 5.69 Å². The van der Waals surface area contributed by atoms with Gasteiger partial charge in [-0.1, -0.05) is 17.5 Å². The van der Waals surface area contributed by atoms with Crippen molar-refractivity contribution in [1.82, 2.24) is 14.5 Å². The van der Waals surface area contributed by atoms with E-state index >= 15 is 0 Å². The summed E-state index contributed by atoms with van der Waals surface area (Å²) in [5.41, 5.74) is 2.30. The van der Waals surface area contributed by atoms with Crippen molar-refractivity contribution in [3.63, 3.8) is 0 Å². The fourth-order valence-electron chi connectivity index (χ4n) is 5.97. The number of rotatable bonds is 19. The quantitative estimate of drug-likeness (QED) is 0.149. The second-order valence-corrected chi connectivity index (χ2v) is 14.1. The number of aryl methyl sites for hydroxylation is 1. The van der Waals surface area contributed by atoms with Crippen LogP contribution in [0.5, 0.6) is 0 Å². The lowest BCUT2D eigenvalue weighted by Gasteiger charge is -2.41. The highest BCUT2D eigenvalue weighted by molar-refractivity contribution is 7.91. The Morgan fingerprint density at radius 2 is 1.72 bits per heavy atom. The number of carbonyl (C=O) groups excluding carboxylic acids is 1. The molecule has 1 aliphatic carbocycles. The van der Waals surface area contributed by atoms with Crippen molar-refractivity contribution in [2.45, 2.75) is 43.9 Å². The van der Waals surface area contributed by atoms with Crippen molar-refractivity contribution in [2.24, 2.45) is 0 Å². The predicted molar refractivity (Wildman–Crippen MR) is 172 cm³/mol. The number of ether oxygens (including phenoxy) is 4. The van der Waals surface area contributed by atoms with Crippen LogP contribution in [0.15, 0.2) is 36.7 Å². The third-order valence-electron chi connectivity index (χ3n) is 8.20. The van der Waals surface area contributed by atoms with Gasteiger partial charge in [0.25, 0.3) is 0 Å². The van der Waals surface area contributed by atoms with E-state index in [1.54, 1.807) is 29.4 Å². The van der Waals surface area contributed by atoms with Gasteiger partial charge in [-0.2, -0.15) is 0 Å². The van der Waals surface area contributed by atoms with Crippen LogP contribution in [0.2, 0.25) is 5.02 Å². The van der Waals surface area contributed by atoms with E-state index in [0.29, 0.717) is 80.9 Å². The lowest BCUT2D eigenvalue weighted by molar-refractivity contribution is -0.131. The van der Waals surface area contributed by atoms with E-state index in [4.69, 9.17) is 42.0 Å². The smallest absolute Gasteiger partial charge is 0.238 e. The molecule has 12 nitrogen and oxygen atoms in total. The number of aromatic nitrogens is 3. The Hall–Kier alpha value is -3.09. The van der Waals surface area contributed by atoms with Gasteiger partial charge in [-0.25, -0.2) is 13.4 Å². The first kappa shape index (κ1) is 34.3. The van der Waals surface area contributed by atoms with Gasteiger partial charge < -0.3 is 33.5 Å². The van der Waals surface area contributed by atoms with E-state index in [1.165, 1.54) is 0 Å². The van der Waals surface area contributed by atoms with Crippen molar-refractivity contribution in [1.29, 1.82) is 0 Å². The van der Waals surface area contributed by atoms with Gasteiger partial charge in [0, 0.05) is 17.8 Å². The summed E-state index contributed by atoms with van der Waals surface area (Å²) in [4.78, 5) is 24.4. The summed E-state index contributed by atoms with van der Waals surface area (Å²) < 4.78 is 48.8. The molecule has 1 aliphatic heterocycles. The minimum atomic E-state index is -3.37. The number of aliphatic hydroxyl groups is 1. The second kappa shape index (κ2) is 15.7. The van der Waals surface area contributed by atoms with Gasteiger partial charge in [-0.05, 0) is 49.1 Å². The Kier molecular flexibility index (Phi) is 11.7. The van der Waals surface area contributed by atoms with Crippen LogP contribution in [-0.2, 0) is 52.1 Å². The number of aliphatic hydroxyl groups excluding tert-OH is 1. The topological polar surface area (TPSA) is 142 Å². The first-order valence-corrected chi connectivity index (χ1v) is 17.5. The molecule has 1 aromatic carbocycles. The van der Waals surface area contributed by atoms with E-state index in [0.717, 1.165) is 11.1 Å². The number of benzene rings is 1. The van der Waals surface area contributed by atoms with E-state index < -0.39 is 21.4 Å². The Morgan fingerprint density at radius 3 is 2.41 bits per heavy atom. The first-order valence-electron chi connectivity index (χ1n) is 15.3. The van der Waals surface area contributed by atoms with Crippen molar-refractivity contribution in [3.05, 3.63) is 53.1 Å². The summed E-state index contributed by atoms with van der Waals surface area (Å²) >= 11 is 6.25. The average Bonchev–Trinajstić information content (AvgIpc) is 3.47. The maximum Gasteiger partial charge on any atom is 0.238 e. The lowest BCUT2D eigenvalue weighted by Crippen LogP contribution is -2.51. The molecule has 1 amide bonds. The van der Waals surface area contributed by atoms with E-state index in [-0.39, 0.29) is 43.8 Å². The fraction of sp³-hybridized carbons (Fsp3) is 0.531. The number of hydrogen-bond acceptors (Lipinski definition) is 10. The molecule has 14 heteroatoms. The second-order valence-electron chi connectivity index (χ2n) is 11.3. The number of imidazole rings is 1. The molecule has 5 rings (SSSR count). The molecule has 2 aliphatic rings. The van der Waals surface area contributed by atoms with Crippen LogP contribution in [0, 0.1) is 12.3 Å². The minimum absolute atomic E-state index is 0.0294. The molecular formula is C32H39ClN4O8S. The largest absolute Gasteiger partial charge is 0.393 e. The van der Waals surface area contributed by atoms with Gasteiger partial charge in [0.05, 0.1) is 98.7 Å². The van der Waals surface area contributed by atoms with E-state index in [1.807, 2.05) is 16.7 Å². The number of anilines is 1. The SMILES string of the molecule is C#CCOCCOCCOCCOCCS(=O)(=O)CCCn1c(CN2C(=O)C3(CC(O)C3)c3ccncc32)nc2cc(Cl)ccc21. The number of hydrogen-bond donors (Lipinski definition) is 1. The maximum atomic E-state index is 13.7. The van der Waals surface area contributed by atoms with Crippen LogP contribution >= 0.6 is 11.6 Å². The normalized spacial score (nSPS) is 19.1. The highest BCUT2D eigenvalue weighted by atomic mass is 35.5. The van der Waals surface area contributed by atoms with Gasteiger partial charge >= 0.3 is 0 Å². The summed E-state index contributed by atoms with van der Waals surface area (Å²) in [5, 5.41) is 10.6. The van der Waals surface area contributed by atoms with E-state index in [9.17, 15) is 18.3 Å². The molecular weight excluding hydrogens is 636 g/mol. The van der Waals surface area contributed by atoms with Gasteiger partial charge in [0.1, 0.15) is 12.4 Å². The Balaban J connectivity index is 1.11. The molecule has 3 aromatic rings. The van der Waals surface area contributed by atoms with Crippen molar-refractivity contribution < 1.29 is 37.3 Å². The zero-order valence-electron chi connectivity index (χ0n) is 25.6. The number of terminal acetylenes is 1. The van der Waals surface area contributed by atoms with Gasteiger partial charge in [0.15, 0.2) is 9.84 Å². The van der Waals surface area contributed by atoms with Crippen LogP contribution < -0.4 is 4.90 Å². The number of pyridine rings is 1. The molecule has 1 saturated carbocycles. The summed E-state index contributed by atoms with van der Waals surface area (Å²) in [5.74, 6) is 2.78. The lowest BCUT2D eigenvalue weighted by atomic mass is 9.63. The first-order chi connectivity index (χ1) is 22.2. The zero-order chi connectivity index (χ0) is 32.6. The molecule has 3 heterocycles. The zero-order valence-corrected chi connectivity index (χ0v) is 27.2. The van der Waals surface area contributed by atoms with Gasteiger partial charge in [-0.15, -0.1) is 6.42 Å². The standard InChI is InChI=1S/C32H39ClN4O8S/c1-2-9-42-10-11-43-12-13-44-14-15-45-16-18-46(40,41)17-3-8-36-28-5-4-24(33)19-27(28)35-30(36)23-37-29-22-34-7-6-26(29)32(31(37)39)20-25(38)21-32/h1,4-7,19,22,25,38H,3,8-18,20-21,23H2. The molecule has 0 atom stereocenters. The molecule has 1 spiro atoms. The van der Waals surface area contributed by atoms with E-state index in [2.05, 4.69) is 10.9 Å². The third kappa shape index (κ3) is 8.06. The number of amides is 1. The Bertz CT molecular complexity index is 1650. The molecule has 1 N–H and O–H groups in total. The molecule has 0 bridgehead atoms. The van der Waals surface area contributed by atoms with Crippen LogP contribution in [0.25, 0.3) is 11.0 Å².